The Labute approximate surface area is 196 Å². The van der Waals surface area contributed by atoms with Crippen LogP contribution in [-0.4, -0.2) is 0 Å². The minimum absolute atomic E-state index is 0.198. The monoisotopic (exact) mass is 428 g/mol. The van der Waals surface area contributed by atoms with Gasteiger partial charge in [0.25, 0.3) is 0 Å². The quantitative estimate of drug-likeness (QED) is 0.362. The molecular weight excluding hydrogens is 384 g/mol. The average Bonchev–Trinajstić information content (AvgIpc) is 3.03. The van der Waals surface area contributed by atoms with Gasteiger partial charge in [-0.15, -0.1) is 5.73 Å². The molecule has 1 aliphatic rings. The summed E-state index contributed by atoms with van der Waals surface area (Å²) in [6.45, 7) is 16.5. The summed E-state index contributed by atoms with van der Waals surface area (Å²) in [7, 11) is 0. The number of fused-ring (bicyclic) bond motifs is 2. The number of hydrogen-bond acceptors (Lipinski definition) is 0. The Hall–Kier alpha value is -2.04. The van der Waals surface area contributed by atoms with Gasteiger partial charge in [0.15, 0.2) is 0 Å². The van der Waals surface area contributed by atoms with E-state index in [1.165, 1.54) is 63.6 Å². The van der Waals surface area contributed by atoms with Crippen LogP contribution < -0.4 is 10.4 Å². The van der Waals surface area contributed by atoms with E-state index in [-0.39, 0.29) is 5.41 Å². The van der Waals surface area contributed by atoms with Gasteiger partial charge in [-0.3, -0.25) is 0 Å². The number of aryl methyl sites for hydroxylation is 2. The summed E-state index contributed by atoms with van der Waals surface area (Å²) >= 11 is 0. The molecule has 0 spiro atoms. The van der Waals surface area contributed by atoms with E-state index in [0.29, 0.717) is 0 Å². The molecule has 0 fully saturated rings. The molecule has 1 atom stereocenters. The van der Waals surface area contributed by atoms with Gasteiger partial charge in [-0.2, -0.15) is 0 Å². The lowest BCUT2D eigenvalue weighted by Gasteiger charge is -2.25. The van der Waals surface area contributed by atoms with Crippen LogP contribution in [0, 0.1) is 11.8 Å². The lowest BCUT2D eigenvalue weighted by molar-refractivity contribution is 0.382. The lowest BCUT2D eigenvalue weighted by Crippen LogP contribution is -2.32. The Kier molecular flexibility index (Phi) is 8.24. The zero-order chi connectivity index (χ0) is 23.3. The third-order valence-corrected chi connectivity index (χ3v) is 7.93. The van der Waals surface area contributed by atoms with Crippen LogP contribution in [0.2, 0.25) is 0 Å². The van der Waals surface area contributed by atoms with Crippen LogP contribution in [0.5, 0.6) is 0 Å². The van der Waals surface area contributed by atoms with Gasteiger partial charge in [-0.1, -0.05) is 97.7 Å². The smallest absolute Gasteiger partial charge is 0.0278 e. The Balaban J connectivity index is 2.27. The summed E-state index contributed by atoms with van der Waals surface area (Å²) in [6, 6.07) is 7.34. The largest absolute Gasteiger partial charge is 0.112 e. The molecule has 0 heterocycles. The van der Waals surface area contributed by atoms with Crippen molar-refractivity contribution in [2.75, 3.05) is 0 Å². The standard InChI is InChI=1S/C32H44/c1-8-10-16-26-27-17-12-11-13-18-28(27)29(19-14-15-24(5)23(3)4)31-22-25(20-21-30(26)31)32(6,7)9-2/h11-13,18,20-24H,8-10,14-16,19H2,1-7H3. The van der Waals surface area contributed by atoms with Crippen molar-refractivity contribution in [2.45, 2.75) is 98.8 Å². The number of rotatable bonds is 10. The maximum Gasteiger partial charge on any atom is 0.0278 e. The molecule has 0 saturated heterocycles. The third kappa shape index (κ3) is 5.29. The fourth-order valence-corrected chi connectivity index (χ4v) is 4.78. The zero-order valence-corrected chi connectivity index (χ0v) is 21.6. The molecule has 0 heteroatoms. The first-order valence-electron chi connectivity index (χ1n) is 13.0. The molecular formula is C32H44. The van der Waals surface area contributed by atoms with Gasteiger partial charge >= 0.3 is 0 Å². The Bertz CT molecular complexity index is 1120. The fourth-order valence-electron chi connectivity index (χ4n) is 4.78. The molecule has 0 nitrogen and oxygen atoms in total. The molecule has 2 aromatic carbocycles. The van der Waals surface area contributed by atoms with E-state index < -0.39 is 0 Å². The number of benzene rings is 2. The number of allylic oxidation sites excluding steroid dienone is 3. The van der Waals surface area contributed by atoms with Crippen molar-refractivity contribution in [3.63, 3.8) is 0 Å². The molecule has 1 aliphatic carbocycles. The highest BCUT2D eigenvalue weighted by Crippen LogP contribution is 2.31. The van der Waals surface area contributed by atoms with Crippen LogP contribution in [-0.2, 0) is 18.3 Å². The van der Waals surface area contributed by atoms with Crippen molar-refractivity contribution < 1.29 is 0 Å². The van der Waals surface area contributed by atoms with Crippen molar-refractivity contribution in [2.24, 2.45) is 11.8 Å². The summed E-state index contributed by atoms with van der Waals surface area (Å²) in [6.07, 6.45) is 17.2. The summed E-state index contributed by atoms with van der Waals surface area (Å²) in [5, 5.41) is 5.69. The Morgan fingerprint density at radius 1 is 0.906 bits per heavy atom. The van der Waals surface area contributed by atoms with Gasteiger partial charge in [-0.25, -0.2) is 0 Å². The van der Waals surface area contributed by atoms with Gasteiger partial charge in [0.1, 0.15) is 0 Å². The second-order valence-electron chi connectivity index (χ2n) is 10.8. The van der Waals surface area contributed by atoms with E-state index in [1.54, 1.807) is 0 Å². The van der Waals surface area contributed by atoms with E-state index in [0.717, 1.165) is 31.1 Å². The van der Waals surface area contributed by atoms with Crippen molar-refractivity contribution in [1.82, 2.24) is 0 Å². The van der Waals surface area contributed by atoms with Gasteiger partial charge in [-0.05, 0) is 88.1 Å². The zero-order valence-electron chi connectivity index (χ0n) is 21.6. The van der Waals surface area contributed by atoms with Gasteiger partial charge in [0, 0.05) is 5.22 Å². The maximum absolute atomic E-state index is 3.67. The average molecular weight is 429 g/mol. The second-order valence-corrected chi connectivity index (χ2v) is 10.8. The van der Waals surface area contributed by atoms with Crippen LogP contribution in [0.3, 0.4) is 0 Å². The minimum Gasteiger partial charge on any atom is -0.112 e. The van der Waals surface area contributed by atoms with Crippen LogP contribution in [0.25, 0.3) is 22.6 Å². The van der Waals surface area contributed by atoms with Crippen LogP contribution in [0.15, 0.2) is 36.4 Å². The van der Waals surface area contributed by atoms with Crippen LogP contribution in [0.1, 0.15) is 97.3 Å². The SMILES string of the molecule is CCCCc1c2c(c(CCCC(C)C(C)C)c3cc(C(C)(C)CC)ccc13)=CC=CC=C=2. The van der Waals surface area contributed by atoms with E-state index in [2.05, 4.69) is 96.7 Å². The third-order valence-electron chi connectivity index (χ3n) is 7.93. The van der Waals surface area contributed by atoms with Crippen LogP contribution >= 0.6 is 0 Å². The molecule has 0 bridgehead atoms. The first-order chi connectivity index (χ1) is 15.3. The van der Waals surface area contributed by atoms with E-state index in [9.17, 15) is 0 Å². The van der Waals surface area contributed by atoms with Gasteiger partial charge in [0.05, 0.1) is 0 Å². The minimum atomic E-state index is 0.198. The summed E-state index contributed by atoms with van der Waals surface area (Å²) in [5.74, 6) is 1.52. The van der Waals surface area contributed by atoms with Gasteiger partial charge in [0.2, 0.25) is 0 Å². The fraction of sp³-hybridized carbons (Fsp3) is 0.531. The maximum atomic E-state index is 3.67. The molecule has 1 unspecified atom stereocenters. The number of hydrogen-bond donors (Lipinski definition) is 0. The summed E-state index contributed by atoms with van der Waals surface area (Å²) in [5.41, 5.74) is 8.36. The van der Waals surface area contributed by atoms with Crippen LogP contribution in [0.4, 0.5) is 0 Å². The summed E-state index contributed by atoms with van der Waals surface area (Å²) < 4.78 is 0. The molecule has 32 heavy (non-hydrogen) atoms. The van der Waals surface area contributed by atoms with Gasteiger partial charge < -0.3 is 0 Å². The molecule has 2 aromatic rings. The van der Waals surface area contributed by atoms with Crippen molar-refractivity contribution >= 4 is 22.6 Å². The summed E-state index contributed by atoms with van der Waals surface area (Å²) in [4.78, 5) is 0. The molecule has 0 N–H and O–H groups in total. The van der Waals surface area contributed by atoms with Crippen molar-refractivity contribution in [3.8, 4) is 0 Å². The van der Waals surface area contributed by atoms with Crippen molar-refractivity contribution in [3.05, 3.63) is 63.6 Å². The Morgan fingerprint density at radius 3 is 2.34 bits per heavy atom. The lowest BCUT2D eigenvalue weighted by atomic mass is 9.79. The number of unbranched alkanes of at least 4 members (excludes halogenated alkanes) is 1. The highest BCUT2D eigenvalue weighted by Gasteiger charge is 2.20. The second kappa shape index (κ2) is 10.7. The molecule has 3 rings (SSSR count). The van der Waals surface area contributed by atoms with Crippen molar-refractivity contribution in [1.29, 1.82) is 0 Å². The molecule has 0 saturated carbocycles. The topological polar surface area (TPSA) is 0 Å². The predicted molar refractivity (Wildman–Crippen MR) is 144 cm³/mol. The molecule has 0 amide bonds. The highest BCUT2D eigenvalue weighted by atomic mass is 14.2. The van der Waals surface area contributed by atoms with E-state index in [1.807, 2.05) is 0 Å². The molecule has 172 valence electrons. The Morgan fingerprint density at radius 2 is 1.66 bits per heavy atom. The van der Waals surface area contributed by atoms with E-state index in [4.69, 9.17) is 0 Å². The van der Waals surface area contributed by atoms with E-state index >= 15 is 0 Å². The first-order valence-corrected chi connectivity index (χ1v) is 13.0. The first kappa shape index (κ1) is 24.6. The molecule has 0 radical (unpaired) electrons. The normalized spacial score (nSPS) is 14.2. The molecule has 0 aliphatic heterocycles. The predicted octanol–water partition coefficient (Wildman–Crippen LogP) is 7.77. The highest BCUT2D eigenvalue weighted by molar-refractivity contribution is 5.90. The molecule has 0 aromatic heterocycles.